The Labute approximate surface area is 238 Å². The van der Waals surface area contributed by atoms with Gasteiger partial charge in [0.15, 0.2) is 0 Å². The molecule has 1 heteroatoms. The quantitative estimate of drug-likeness (QED) is 0.269. The molecule has 0 heterocycles. The first-order valence-corrected chi connectivity index (χ1v) is 16.7. The minimum Gasteiger partial charge on any atom is -0.207 e. The van der Waals surface area contributed by atoms with Crippen molar-refractivity contribution in [3.63, 3.8) is 0 Å². The molecule has 1 unspecified atom stereocenters. The highest BCUT2D eigenvalue weighted by molar-refractivity contribution is 5.67. The molecule has 0 saturated heterocycles. The van der Waals surface area contributed by atoms with E-state index in [1.54, 1.807) is 5.56 Å². The third kappa shape index (κ3) is 7.45. The van der Waals surface area contributed by atoms with Gasteiger partial charge in [0.25, 0.3) is 0 Å². The Morgan fingerprint density at radius 2 is 1.28 bits per heavy atom. The average molecular weight is 529 g/mol. The zero-order chi connectivity index (χ0) is 27.0. The molecule has 212 valence electrons. The predicted molar refractivity (Wildman–Crippen MR) is 166 cm³/mol. The maximum absolute atomic E-state index is 15.2. The zero-order valence-electron chi connectivity index (χ0n) is 24.9. The number of hydrogen-bond acceptors (Lipinski definition) is 0. The van der Waals surface area contributed by atoms with Gasteiger partial charge in [-0.2, -0.15) is 0 Å². The molecule has 2 aromatic carbocycles. The molecule has 3 aliphatic carbocycles. The van der Waals surface area contributed by atoms with E-state index in [-0.39, 0.29) is 5.82 Å². The van der Waals surface area contributed by atoms with Crippen LogP contribution in [-0.4, -0.2) is 0 Å². The number of rotatable bonds is 10. The van der Waals surface area contributed by atoms with Crippen LogP contribution >= 0.6 is 0 Å². The first-order valence-electron chi connectivity index (χ1n) is 16.7. The lowest BCUT2D eigenvalue weighted by atomic mass is 9.76. The van der Waals surface area contributed by atoms with Crippen LogP contribution in [0.5, 0.6) is 0 Å². The van der Waals surface area contributed by atoms with E-state index < -0.39 is 0 Å². The molecule has 0 amide bonds. The van der Waals surface area contributed by atoms with Gasteiger partial charge in [0.1, 0.15) is 5.82 Å². The Kier molecular flexibility index (Phi) is 10.4. The van der Waals surface area contributed by atoms with Gasteiger partial charge in [0.2, 0.25) is 0 Å². The molecule has 0 aromatic heterocycles. The summed E-state index contributed by atoms with van der Waals surface area (Å²) >= 11 is 0. The molecule has 5 rings (SSSR count). The molecule has 0 bridgehead atoms. The van der Waals surface area contributed by atoms with Crippen LogP contribution in [-0.2, 0) is 0 Å². The minimum absolute atomic E-state index is 0.0278. The molecule has 2 saturated carbocycles. The second kappa shape index (κ2) is 14.1. The first-order chi connectivity index (χ1) is 19.1. The van der Waals surface area contributed by atoms with Crippen LogP contribution in [0, 0.1) is 17.7 Å². The van der Waals surface area contributed by atoms with Crippen molar-refractivity contribution in [2.75, 3.05) is 0 Å². The van der Waals surface area contributed by atoms with Gasteiger partial charge in [-0.25, -0.2) is 4.39 Å². The van der Waals surface area contributed by atoms with E-state index in [9.17, 15) is 0 Å². The van der Waals surface area contributed by atoms with Gasteiger partial charge < -0.3 is 0 Å². The van der Waals surface area contributed by atoms with Crippen LogP contribution < -0.4 is 0 Å². The molecule has 2 fully saturated rings. The monoisotopic (exact) mass is 528 g/mol. The number of allylic oxidation sites excluding steroid dienone is 2. The Hall–Kier alpha value is -1.89. The summed E-state index contributed by atoms with van der Waals surface area (Å²) < 4.78 is 15.2. The van der Waals surface area contributed by atoms with E-state index in [0.29, 0.717) is 11.8 Å². The molecule has 2 aromatic rings. The van der Waals surface area contributed by atoms with E-state index in [1.165, 1.54) is 94.6 Å². The fourth-order valence-electron chi connectivity index (χ4n) is 8.14. The van der Waals surface area contributed by atoms with Crippen LogP contribution in [0.15, 0.2) is 48.5 Å². The minimum atomic E-state index is 0.0278. The molecular weight excluding hydrogens is 475 g/mol. The van der Waals surface area contributed by atoms with Crippen LogP contribution in [0.4, 0.5) is 4.39 Å². The second-order valence-corrected chi connectivity index (χ2v) is 13.3. The van der Waals surface area contributed by atoms with Gasteiger partial charge in [-0.15, -0.1) is 0 Å². The van der Waals surface area contributed by atoms with Gasteiger partial charge >= 0.3 is 0 Å². The highest BCUT2D eigenvalue weighted by Crippen LogP contribution is 2.42. The van der Waals surface area contributed by atoms with Crippen molar-refractivity contribution in [1.82, 2.24) is 0 Å². The predicted octanol–water partition coefficient (Wildman–Crippen LogP) is 12.1. The molecule has 0 nitrogen and oxygen atoms in total. The largest absolute Gasteiger partial charge is 0.207 e. The van der Waals surface area contributed by atoms with Crippen molar-refractivity contribution < 1.29 is 4.39 Å². The summed E-state index contributed by atoms with van der Waals surface area (Å²) in [6, 6.07) is 15.8. The van der Waals surface area contributed by atoms with E-state index in [4.69, 9.17) is 0 Å². The SMILES string of the molecule is CCCCCC1CCC(c2ccc(C3CC=C(c4ccc(C5CCC(CCC)CC5)c(F)c4)CC3)cc2)CC1. The third-order valence-electron chi connectivity index (χ3n) is 10.7. The van der Waals surface area contributed by atoms with E-state index in [2.05, 4.69) is 56.3 Å². The Balaban J connectivity index is 1.13. The second-order valence-electron chi connectivity index (χ2n) is 13.3. The van der Waals surface area contributed by atoms with Crippen LogP contribution in [0.1, 0.15) is 163 Å². The van der Waals surface area contributed by atoms with Gasteiger partial charge in [-0.05, 0) is 134 Å². The van der Waals surface area contributed by atoms with E-state index in [1.807, 2.05) is 6.07 Å². The summed E-state index contributed by atoms with van der Waals surface area (Å²) in [5.74, 6) is 3.65. The van der Waals surface area contributed by atoms with Gasteiger partial charge in [0.05, 0.1) is 0 Å². The van der Waals surface area contributed by atoms with E-state index >= 15 is 4.39 Å². The Morgan fingerprint density at radius 3 is 1.87 bits per heavy atom. The number of hydrogen-bond donors (Lipinski definition) is 0. The lowest BCUT2D eigenvalue weighted by Gasteiger charge is -2.29. The summed E-state index contributed by atoms with van der Waals surface area (Å²) in [5.41, 5.74) is 6.47. The fourth-order valence-corrected chi connectivity index (χ4v) is 8.14. The molecule has 39 heavy (non-hydrogen) atoms. The standard InChI is InChI=1S/C38H53F/c1-3-5-6-8-29-9-13-30(14-10-29)31-17-19-32(20-18-31)33-21-23-34(24-22-33)36-25-26-37(38(39)27-36)35-15-11-28(7-4-2)12-16-35/h17-20,23,25-30,33,35H,3-16,21-22,24H2,1-2H3. The number of halogens is 1. The summed E-state index contributed by atoms with van der Waals surface area (Å²) in [5, 5.41) is 0. The highest BCUT2D eigenvalue weighted by atomic mass is 19.1. The maximum atomic E-state index is 15.2. The van der Waals surface area contributed by atoms with Gasteiger partial charge in [0, 0.05) is 0 Å². The molecule has 0 radical (unpaired) electrons. The smallest absolute Gasteiger partial charge is 0.127 e. The van der Waals surface area contributed by atoms with Crippen molar-refractivity contribution in [2.24, 2.45) is 11.8 Å². The molecule has 0 N–H and O–H groups in total. The van der Waals surface area contributed by atoms with E-state index in [0.717, 1.165) is 54.6 Å². The molecule has 1 atom stereocenters. The summed E-state index contributed by atoms with van der Waals surface area (Å²) in [6.07, 6.45) is 24.4. The van der Waals surface area contributed by atoms with Gasteiger partial charge in [-0.1, -0.05) is 94.8 Å². The molecule has 0 spiro atoms. The summed E-state index contributed by atoms with van der Waals surface area (Å²) in [4.78, 5) is 0. The summed E-state index contributed by atoms with van der Waals surface area (Å²) in [7, 11) is 0. The number of benzene rings is 2. The van der Waals surface area contributed by atoms with Crippen LogP contribution in [0.3, 0.4) is 0 Å². The fraction of sp³-hybridized carbons (Fsp3) is 0.632. The van der Waals surface area contributed by atoms with Gasteiger partial charge in [-0.3, -0.25) is 0 Å². The lowest BCUT2D eigenvalue weighted by molar-refractivity contribution is 0.303. The normalized spacial score (nSPS) is 27.8. The van der Waals surface area contributed by atoms with Crippen molar-refractivity contribution in [1.29, 1.82) is 0 Å². The van der Waals surface area contributed by atoms with Crippen molar-refractivity contribution >= 4 is 5.57 Å². The van der Waals surface area contributed by atoms with Crippen molar-refractivity contribution in [3.8, 4) is 0 Å². The zero-order valence-corrected chi connectivity index (χ0v) is 24.9. The highest BCUT2D eigenvalue weighted by Gasteiger charge is 2.25. The topological polar surface area (TPSA) is 0 Å². The maximum Gasteiger partial charge on any atom is 0.127 e. The molecule has 3 aliphatic rings. The average Bonchev–Trinajstić information content (AvgIpc) is 2.99. The van der Waals surface area contributed by atoms with Crippen LogP contribution in [0.2, 0.25) is 0 Å². The Morgan fingerprint density at radius 1 is 0.641 bits per heavy atom. The first kappa shape index (κ1) is 28.6. The van der Waals surface area contributed by atoms with Crippen LogP contribution in [0.25, 0.3) is 5.57 Å². The van der Waals surface area contributed by atoms with Crippen molar-refractivity contribution in [3.05, 3.63) is 76.6 Å². The lowest BCUT2D eigenvalue weighted by Crippen LogP contribution is -2.14. The molecular formula is C38H53F. The summed E-state index contributed by atoms with van der Waals surface area (Å²) in [6.45, 7) is 4.59. The Bertz CT molecular complexity index is 1050. The van der Waals surface area contributed by atoms with Crippen molar-refractivity contribution in [2.45, 2.75) is 141 Å². The third-order valence-corrected chi connectivity index (χ3v) is 10.7. The molecule has 0 aliphatic heterocycles. The number of unbranched alkanes of at least 4 members (excludes halogenated alkanes) is 2.